The van der Waals surface area contributed by atoms with Gasteiger partial charge in [0.05, 0.1) is 12.5 Å². The summed E-state index contributed by atoms with van der Waals surface area (Å²) in [5.74, 6) is -0.120. The predicted molar refractivity (Wildman–Crippen MR) is 67.4 cm³/mol. The smallest absolute Gasteiger partial charge is 0.315 e. The summed E-state index contributed by atoms with van der Waals surface area (Å²) in [7, 11) is 1.42. The van der Waals surface area contributed by atoms with Crippen molar-refractivity contribution in [2.45, 2.75) is 25.5 Å². The van der Waals surface area contributed by atoms with Gasteiger partial charge in [-0.15, -0.1) is 0 Å². The van der Waals surface area contributed by atoms with E-state index in [4.69, 9.17) is 9.84 Å². The molecule has 7 heteroatoms. The zero-order valence-electron chi connectivity index (χ0n) is 10.4. The number of amides is 2. The zero-order valence-corrected chi connectivity index (χ0v) is 11.2. The van der Waals surface area contributed by atoms with E-state index in [1.54, 1.807) is 11.8 Å². The second-order valence-electron chi connectivity index (χ2n) is 3.67. The van der Waals surface area contributed by atoms with Crippen molar-refractivity contribution < 1.29 is 19.4 Å². The third-order valence-electron chi connectivity index (χ3n) is 2.02. The molecule has 0 radical (unpaired) electrons. The van der Waals surface area contributed by atoms with Gasteiger partial charge in [0.1, 0.15) is 0 Å². The number of carbonyl (C=O) groups excluding carboxylic acids is 1. The largest absolute Gasteiger partial charge is 0.481 e. The summed E-state index contributed by atoms with van der Waals surface area (Å²) >= 11 is 1.64. The molecule has 0 heterocycles. The Balaban J connectivity index is 3.84. The normalized spacial score (nSPS) is 13.8. The van der Waals surface area contributed by atoms with E-state index in [2.05, 4.69) is 10.6 Å². The van der Waals surface area contributed by atoms with Gasteiger partial charge >= 0.3 is 12.0 Å². The molecule has 0 aliphatic heterocycles. The van der Waals surface area contributed by atoms with Crippen molar-refractivity contribution in [2.75, 3.05) is 25.7 Å². The Hall–Kier alpha value is -0.950. The third kappa shape index (κ3) is 8.82. The quantitative estimate of drug-likeness (QED) is 0.595. The van der Waals surface area contributed by atoms with Gasteiger partial charge < -0.3 is 20.5 Å². The highest BCUT2D eigenvalue weighted by atomic mass is 32.2. The number of carboxylic acids is 1. The van der Waals surface area contributed by atoms with Gasteiger partial charge in [0.25, 0.3) is 0 Å². The minimum atomic E-state index is -0.949. The number of rotatable bonds is 8. The first-order valence-electron chi connectivity index (χ1n) is 5.27. The number of urea groups is 1. The summed E-state index contributed by atoms with van der Waals surface area (Å²) in [6, 6.07) is -0.232. The number of carbonyl (C=O) groups is 2. The Morgan fingerprint density at radius 2 is 2.12 bits per heavy atom. The minimum Gasteiger partial charge on any atom is -0.481 e. The van der Waals surface area contributed by atoms with Gasteiger partial charge in [0.15, 0.2) is 0 Å². The fourth-order valence-electron chi connectivity index (χ4n) is 1.21. The number of carboxylic acid groups (broad SMARTS) is 1. The molecule has 0 bridgehead atoms. The summed E-state index contributed by atoms with van der Waals surface area (Å²) in [5, 5.41) is 13.9. The molecule has 0 spiro atoms. The fourth-order valence-corrected chi connectivity index (χ4v) is 1.79. The van der Waals surface area contributed by atoms with E-state index in [1.165, 1.54) is 7.11 Å². The van der Waals surface area contributed by atoms with Crippen LogP contribution in [0.3, 0.4) is 0 Å². The van der Waals surface area contributed by atoms with Crippen molar-refractivity contribution in [1.29, 1.82) is 0 Å². The molecule has 0 rings (SSSR count). The molecule has 0 saturated heterocycles. The van der Waals surface area contributed by atoms with Gasteiger partial charge in [0.2, 0.25) is 0 Å². The Morgan fingerprint density at radius 3 is 2.59 bits per heavy atom. The van der Waals surface area contributed by atoms with Crippen LogP contribution in [0.5, 0.6) is 0 Å². The Labute approximate surface area is 105 Å². The van der Waals surface area contributed by atoms with Crippen LogP contribution >= 0.6 is 11.8 Å². The maximum Gasteiger partial charge on any atom is 0.315 e. The van der Waals surface area contributed by atoms with E-state index in [0.29, 0.717) is 0 Å². The van der Waals surface area contributed by atoms with Crippen molar-refractivity contribution in [3.63, 3.8) is 0 Å². The van der Waals surface area contributed by atoms with Crippen LogP contribution in [-0.2, 0) is 9.53 Å². The lowest BCUT2D eigenvalue weighted by Gasteiger charge is -2.16. The van der Waals surface area contributed by atoms with Gasteiger partial charge in [-0.25, -0.2) is 4.79 Å². The number of methoxy groups -OCH3 is 1. The summed E-state index contributed by atoms with van der Waals surface area (Å²) in [4.78, 5) is 21.9. The van der Waals surface area contributed by atoms with E-state index in [-0.39, 0.29) is 25.0 Å². The number of aliphatic carboxylic acids is 1. The maximum atomic E-state index is 11.4. The SMILES string of the molecule is COC(CNC(=O)NC(C)CSC)CC(=O)O. The molecule has 2 amide bonds. The highest BCUT2D eigenvalue weighted by molar-refractivity contribution is 7.98. The first kappa shape index (κ1) is 16.1. The first-order valence-corrected chi connectivity index (χ1v) is 6.66. The van der Waals surface area contributed by atoms with E-state index in [0.717, 1.165) is 5.75 Å². The van der Waals surface area contributed by atoms with E-state index >= 15 is 0 Å². The average Bonchev–Trinajstić information content (AvgIpc) is 2.23. The molecule has 2 unspecified atom stereocenters. The van der Waals surface area contributed by atoms with Gasteiger partial charge in [0, 0.05) is 25.4 Å². The molecule has 0 aromatic carbocycles. The summed E-state index contributed by atoms with van der Waals surface area (Å²) in [5.41, 5.74) is 0. The highest BCUT2D eigenvalue weighted by Crippen LogP contribution is 1.97. The van der Waals surface area contributed by atoms with Crippen molar-refractivity contribution >= 4 is 23.8 Å². The molecule has 0 fully saturated rings. The second kappa shape index (κ2) is 9.12. The van der Waals surface area contributed by atoms with Crippen molar-refractivity contribution in [3.05, 3.63) is 0 Å². The van der Waals surface area contributed by atoms with Crippen LogP contribution in [-0.4, -0.2) is 54.9 Å². The Bertz CT molecular complexity index is 250. The van der Waals surface area contributed by atoms with E-state index in [1.807, 2.05) is 13.2 Å². The summed E-state index contributed by atoms with van der Waals surface area (Å²) in [6.07, 6.45) is 1.33. The maximum absolute atomic E-state index is 11.4. The number of hydrogen-bond donors (Lipinski definition) is 3. The van der Waals surface area contributed by atoms with Gasteiger partial charge in [-0.3, -0.25) is 4.79 Å². The lowest BCUT2D eigenvalue weighted by atomic mass is 10.2. The lowest BCUT2D eigenvalue weighted by molar-refractivity contribution is -0.139. The zero-order chi connectivity index (χ0) is 13.3. The minimum absolute atomic E-state index is 0.0745. The molecule has 0 aliphatic carbocycles. The van der Waals surface area contributed by atoms with Crippen LogP contribution < -0.4 is 10.6 Å². The van der Waals surface area contributed by atoms with Gasteiger partial charge in [-0.2, -0.15) is 11.8 Å². The number of hydrogen-bond acceptors (Lipinski definition) is 4. The topological polar surface area (TPSA) is 87.7 Å². The van der Waals surface area contributed by atoms with Crippen LogP contribution in [0.4, 0.5) is 4.79 Å². The van der Waals surface area contributed by atoms with Crippen molar-refractivity contribution in [1.82, 2.24) is 10.6 Å². The van der Waals surface area contributed by atoms with Gasteiger partial charge in [-0.1, -0.05) is 0 Å². The van der Waals surface area contributed by atoms with Crippen molar-refractivity contribution in [2.24, 2.45) is 0 Å². The van der Waals surface area contributed by atoms with E-state index < -0.39 is 12.1 Å². The van der Waals surface area contributed by atoms with Crippen LogP contribution in [0.15, 0.2) is 0 Å². The first-order chi connectivity index (χ1) is 7.99. The number of thioether (sulfide) groups is 1. The molecule has 100 valence electrons. The van der Waals surface area contributed by atoms with Crippen molar-refractivity contribution in [3.8, 4) is 0 Å². The van der Waals surface area contributed by atoms with Gasteiger partial charge in [-0.05, 0) is 13.2 Å². The third-order valence-corrected chi connectivity index (χ3v) is 2.85. The van der Waals surface area contributed by atoms with E-state index in [9.17, 15) is 9.59 Å². The average molecular weight is 264 g/mol. The molecule has 0 aliphatic rings. The molecular weight excluding hydrogens is 244 g/mol. The molecule has 6 nitrogen and oxygen atoms in total. The highest BCUT2D eigenvalue weighted by Gasteiger charge is 2.14. The molecule has 0 aromatic rings. The van der Waals surface area contributed by atoms with Crippen LogP contribution in [0.1, 0.15) is 13.3 Å². The number of nitrogens with one attached hydrogen (secondary N) is 2. The second-order valence-corrected chi connectivity index (χ2v) is 4.58. The summed E-state index contributed by atoms with van der Waals surface area (Å²) < 4.78 is 4.94. The lowest BCUT2D eigenvalue weighted by Crippen LogP contribution is -2.44. The molecule has 0 aromatic heterocycles. The Kier molecular flexibility index (Phi) is 8.61. The van der Waals surface area contributed by atoms with Crippen LogP contribution in [0, 0.1) is 0 Å². The standard InChI is InChI=1S/C10H20N2O4S/c1-7(6-17-3)12-10(15)11-5-8(16-2)4-9(13)14/h7-8H,4-6H2,1-3H3,(H,13,14)(H2,11,12,15). The van der Waals surface area contributed by atoms with Crippen LogP contribution in [0.25, 0.3) is 0 Å². The molecule has 3 N–H and O–H groups in total. The molecular formula is C10H20N2O4S. The Morgan fingerprint density at radius 1 is 1.47 bits per heavy atom. The predicted octanol–water partition coefficient (Wildman–Crippen LogP) is 0.527. The molecule has 2 atom stereocenters. The molecule has 0 saturated carbocycles. The molecule has 17 heavy (non-hydrogen) atoms. The monoisotopic (exact) mass is 264 g/mol. The summed E-state index contributed by atoms with van der Waals surface area (Å²) in [6.45, 7) is 2.09. The van der Waals surface area contributed by atoms with Crippen LogP contribution in [0.2, 0.25) is 0 Å². The fraction of sp³-hybridized carbons (Fsp3) is 0.800. The number of ether oxygens (including phenoxy) is 1.